The highest BCUT2D eigenvalue weighted by Gasteiger charge is 2.20. The van der Waals surface area contributed by atoms with Crippen molar-refractivity contribution in [3.63, 3.8) is 0 Å². The van der Waals surface area contributed by atoms with Gasteiger partial charge in [0.25, 0.3) is 0 Å². The maximum atomic E-state index is 5.63. The lowest BCUT2D eigenvalue weighted by Crippen LogP contribution is -2.49. The van der Waals surface area contributed by atoms with Crippen molar-refractivity contribution in [2.45, 2.75) is 13.5 Å². The lowest BCUT2D eigenvalue weighted by Gasteiger charge is -2.36. The molecule has 0 bridgehead atoms. The van der Waals surface area contributed by atoms with Gasteiger partial charge in [0.1, 0.15) is 11.5 Å². The molecule has 1 heterocycles. The molecule has 0 spiro atoms. The fourth-order valence-electron chi connectivity index (χ4n) is 3.24. The molecule has 0 amide bonds. The summed E-state index contributed by atoms with van der Waals surface area (Å²) in [7, 11) is 3.30. The fraction of sp³-hybridized carbons (Fsp3) is 0.381. The van der Waals surface area contributed by atoms with Gasteiger partial charge in [-0.3, -0.25) is 4.90 Å². The Kier molecular flexibility index (Phi) is 6.53. The van der Waals surface area contributed by atoms with Crippen LogP contribution in [0.25, 0.3) is 0 Å². The molecule has 1 aliphatic rings. The minimum Gasteiger partial charge on any atom is -0.497 e. The lowest BCUT2D eigenvalue weighted by atomic mass is 10.1. The second-order valence-corrected chi connectivity index (χ2v) is 7.07. The predicted molar refractivity (Wildman–Crippen MR) is 114 cm³/mol. The highest BCUT2D eigenvalue weighted by molar-refractivity contribution is 7.80. The minimum absolute atomic E-state index is 0.720. The molecule has 2 aromatic carbocycles. The van der Waals surface area contributed by atoms with Crippen molar-refractivity contribution in [1.29, 1.82) is 0 Å². The van der Waals surface area contributed by atoms with Crippen molar-refractivity contribution < 1.29 is 9.47 Å². The quantitative estimate of drug-likeness (QED) is 0.794. The second-order valence-electron chi connectivity index (χ2n) is 6.69. The molecule has 27 heavy (non-hydrogen) atoms. The average Bonchev–Trinajstić information content (AvgIpc) is 2.70. The van der Waals surface area contributed by atoms with E-state index in [0.29, 0.717) is 0 Å². The number of aryl methyl sites for hydroxylation is 1. The molecule has 1 aliphatic heterocycles. The van der Waals surface area contributed by atoms with Crippen LogP contribution in [0.2, 0.25) is 0 Å². The highest BCUT2D eigenvalue weighted by atomic mass is 32.1. The van der Waals surface area contributed by atoms with Crippen LogP contribution in [0.15, 0.2) is 42.5 Å². The van der Waals surface area contributed by atoms with Gasteiger partial charge < -0.3 is 19.7 Å². The van der Waals surface area contributed by atoms with Crippen molar-refractivity contribution in [3.8, 4) is 11.5 Å². The topological polar surface area (TPSA) is 37.0 Å². The van der Waals surface area contributed by atoms with E-state index in [1.54, 1.807) is 14.2 Å². The molecule has 3 rings (SSSR count). The Morgan fingerprint density at radius 1 is 1.04 bits per heavy atom. The van der Waals surface area contributed by atoms with E-state index < -0.39 is 0 Å². The van der Waals surface area contributed by atoms with Gasteiger partial charge >= 0.3 is 0 Å². The molecule has 6 heteroatoms. The van der Waals surface area contributed by atoms with Gasteiger partial charge in [-0.2, -0.15) is 0 Å². The summed E-state index contributed by atoms with van der Waals surface area (Å²) in [6.45, 7) is 6.96. The molecule has 1 N–H and O–H groups in total. The van der Waals surface area contributed by atoms with Crippen LogP contribution < -0.4 is 14.8 Å². The maximum Gasteiger partial charge on any atom is 0.173 e. The van der Waals surface area contributed by atoms with E-state index in [4.69, 9.17) is 21.7 Å². The summed E-state index contributed by atoms with van der Waals surface area (Å²) in [5, 5.41) is 4.03. The number of thiocarbonyl (C=S) groups is 1. The minimum atomic E-state index is 0.720. The van der Waals surface area contributed by atoms with Crippen LogP contribution in [0.5, 0.6) is 11.5 Å². The Hall–Kier alpha value is -2.31. The van der Waals surface area contributed by atoms with Gasteiger partial charge in [-0.05, 0) is 42.4 Å². The number of hydrogen-bond acceptors (Lipinski definition) is 4. The Morgan fingerprint density at radius 2 is 1.78 bits per heavy atom. The molecule has 2 aromatic rings. The highest BCUT2D eigenvalue weighted by Crippen LogP contribution is 2.29. The van der Waals surface area contributed by atoms with E-state index in [0.717, 1.165) is 55.0 Å². The molecular formula is C21H27N3O2S. The molecular weight excluding hydrogens is 358 g/mol. The summed E-state index contributed by atoms with van der Waals surface area (Å²) < 4.78 is 10.7. The summed E-state index contributed by atoms with van der Waals surface area (Å²) in [5.41, 5.74) is 3.57. The molecule has 1 fully saturated rings. The van der Waals surface area contributed by atoms with Gasteiger partial charge in [0.15, 0.2) is 5.11 Å². The predicted octanol–water partition coefficient (Wildman–Crippen LogP) is 3.53. The molecule has 0 radical (unpaired) electrons. The first-order valence-electron chi connectivity index (χ1n) is 9.15. The van der Waals surface area contributed by atoms with Crippen molar-refractivity contribution in [1.82, 2.24) is 9.80 Å². The van der Waals surface area contributed by atoms with E-state index >= 15 is 0 Å². The summed E-state index contributed by atoms with van der Waals surface area (Å²) in [5.74, 6) is 1.51. The van der Waals surface area contributed by atoms with Crippen molar-refractivity contribution >= 4 is 23.0 Å². The number of hydrogen-bond donors (Lipinski definition) is 1. The number of piperazine rings is 1. The summed E-state index contributed by atoms with van der Waals surface area (Å²) >= 11 is 5.63. The molecule has 0 unspecified atom stereocenters. The van der Waals surface area contributed by atoms with E-state index in [9.17, 15) is 0 Å². The third-order valence-corrected chi connectivity index (χ3v) is 5.32. The molecule has 0 aromatic heterocycles. The largest absolute Gasteiger partial charge is 0.497 e. The maximum absolute atomic E-state index is 5.63. The zero-order valence-corrected chi connectivity index (χ0v) is 17.0. The lowest BCUT2D eigenvalue weighted by molar-refractivity contribution is 0.176. The molecule has 144 valence electrons. The van der Waals surface area contributed by atoms with E-state index in [1.807, 2.05) is 18.2 Å². The normalized spacial score (nSPS) is 14.7. The third kappa shape index (κ3) is 4.90. The Labute approximate surface area is 166 Å². The molecule has 1 saturated heterocycles. The molecule has 5 nitrogen and oxygen atoms in total. The molecule has 0 aliphatic carbocycles. The Balaban J connectivity index is 1.57. The van der Waals surface area contributed by atoms with Crippen LogP contribution in [0.1, 0.15) is 11.1 Å². The van der Waals surface area contributed by atoms with Gasteiger partial charge in [0.2, 0.25) is 0 Å². The van der Waals surface area contributed by atoms with Crippen LogP contribution in [-0.4, -0.2) is 55.3 Å². The van der Waals surface area contributed by atoms with Gasteiger partial charge in [-0.25, -0.2) is 0 Å². The average molecular weight is 386 g/mol. The summed E-state index contributed by atoms with van der Waals surface area (Å²) in [6.07, 6.45) is 0. The number of nitrogens with zero attached hydrogens (tertiary/aromatic N) is 2. The van der Waals surface area contributed by atoms with Crippen LogP contribution in [0.3, 0.4) is 0 Å². The second kappa shape index (κ2) is 9.06. The van der Waals surface area contributed by atoms with Crippen LogP contribution in [0, 0.1) is 6.92 Å². The standard InChI is InChI=1S/C21H27N3O2S/c1-16-6-4-5-7-17(16)15-23-10-12-24(13-11-23)21(27)22-19-14-18(25-2)8-9-20(19)26-3/h4-9,14H,10-13,15H2,1-3H3,(H,22,27). The number of rotatable bonds is 5. The van der Waals surface area contributed by atoms with Crippen molar-refractivity contribution in [3.05, 3.63) is 53.6 Å². The van der Waals surface area contributed by atoms with E-state index in [1.165, 1.54) is 11.1 Å². The summed E-state index contributed by atoms with van der Waals surface area (Å²) in [4.78, 5) is 4.69. The van der Waals surface area contributed by atoms with Crippen molar-refractivity contribution in [2.24, 2.45) is 0 Å². The molecule has 0 saturated carbocycles. The first-order chi connectivity index (χ1) is 13.1. The monoisotopic (exact) mass is 385 g/mol. The van der Waals surface area contributed by atoms with Gasteiger partial charge in [-0.15, -0.1) is 0 Å². The van der Waals surface area contributed by atoms with Gasteiger partial charge in [-0.1, -0.05) is 24.3 Å². The van der Waals surface area contributed by atoms with Gasteiger partial charge in [0.05, 0.1) is 19.9 Å². The zero-order valence-electron chi connectivity index (χ0n) is 16.2. The Morgan fingerprint density at radius 3 is 2.44 bits per heavy atom. The number of benzene rings is 2. The SMILES string of the molecule is COc1ccc(OC)c(NC(=S)N2CCN(Cc3ccccc3C)CC2)c1. The van der Waals surface area contributed by atoms with Crippen molar-refractivity contribution in [2.75, 3.05) is 45.7 Å². The number of anilines is 1. The van der Waals surface area contributed by atoms with Crippen LogP contribution in [-0.2, 0) is 6.54 Å². The first kappa shape index (κ1) is 19.5. The number of methoxy groups -OCH3 is 2. The third-order valence-electron chi connectivity index (χ3n) is 4.96. The van der Waals surface area contributed by atoms with E-state index in [2.05, 4.69) is 46.3 Å². The molecule has 0 atom stereocenters. The van der Waals surface area contributed by atoms with Crippen LogP contribution >= 0.6 is 12.2 Å². The fourth-order valence-corrected chi connectivity index (χ4v) is 3.54. The van der Waals surface area contributed by atoms with E-state index in [-0.39, 0.29) is 0 Å². The Bertz CT molecular complexity index is 789. The zero-order chi connectivity index (χ0) is 19.2. The number of ether oxygens (including phenoxy) is 2. The van der Waals surface area contributed by atoms with Crippen LogP contribution in [0.4, 0.5) is 5.69 Å². The first-order valence-corrected chi connectivity index (χ1v) is 9.56. The smallest absolute Gasteiger partial charge is 0.173 e. The number of nitrogens with one attached hydrogen (secondary N) is 1. The van der Waals surface area contributed by atoms with Gasteiger partial charge in [0, 0.05) is 38.8 Å². The summed E-state index contributed by atoms with van der Waals surface area (Å²) in [6, 6.07) is 14.2.